The fraction of sp³-hybridized carbons (Fsp3) is 0.750. The van der Waals surface area contributed by atoms with E-state index in [1.54, 1.807) is 7.05 Å². The van der Waals surface area contributed by atoms with E-state index in [4.69, 9.17) is 9.84 Å². The molecule has 94 valence electrons. The zero-order valence-corrected chi connectivity index (χ0v) is 11.1. The molecule has 0 saturated carbocycles. The van der Waals surface area contributed by atoms with Crippen molar-refractivity contribution in [3.63, 3.8) is 0 Å². The molecule has 0 spiro atoms. The molecule has 0 unspecified atom stereocenters. The van der Waals surface area contributed by atoms with Crippen molar-refractivity contribution >= 4 is 6.09 Å². The van der Waals surface area contributed by atoms with Crippen LogP contribution in [0.15, 0.2) is 11.3 Å². The van der Waals surface area contributed by atoms with Crippen LogP contribution < -0.4 is 0 Å². The van der Waals surface area contributed by atoms with E-state index in [2.05, 4.69) is 0 Å². The Bertz CT molecular complexity index is 272. The maximum atomic E-state index is 11.8. The summed E-state index contributed by atoms with van der Waals surface area (Å²) in [5, 5.41) is 8.94. The molecular formula is C12H23NO3. The SMILES string of the molecule is CC(C)=C(CCO)N(C)C(=O)OC(C)(C)C. The van der Waals surface area contributed by atoms with E-state index < -0.39 is 11.7 Å². The molecule has 0 radical (unpaired) electrons. The summed E-state index contributed by atoms with van der Waals surface area (Å²) >= 11 is 0. The lowest BCUT2D eigenvalue weighted by molar-refractivity contribution is 0.0343. The normalized spacial score (nSPS) is 10.9. The fourth-order valence-corrected chi connectivity index (χ4v) is 1.30. The van der Waals surface area contributed by atoms with Gasteiger partial charge in [0.1, 0.15) is 5.60 Å². The number of amides is 1. The van der Waals surface area contributed by atoms with E-state index in [0.29, 0.717) is 6.42 Å². The summed E-state index contributed by atoms with van der Waals surface area (Å²) in [6.07, 6.45) is 0.0649. The molecule has 1 N–H and O–H groups in total. The minimum Gasteiger partial charge on any atom is -0.443 e. The molecule has 0 aliphatic rings. The molecular weight excluding hydrogens is 206 g/mol. The Kier molecular flexibility index (Phi) is 5.51. The third-order valence-corrected chi connectivity index (χ3v) is 2.00. The zero-order chi connectivity index (χ0) is 12.9. The molecule has 4 nitrogen and oxygen atoms in total. The van der Waals surface area contributed by atoms with Gasteiger partial charge in [0.2, 0.25) is 0 Å². The zero-order valence-electron chi connectivity index (χ0n) is 11.1. The van der Waals surface area contributed by atoms with Gasteiger partial charge in [-0.25, -0.2) is 4.79 Å². The summed E-state index contributed by atoms with van der Waals surface area (Å²) in [6.45, 7) is 9.32. The molecule has 0 heterocycles. The van der Waals surface area contributed by atoms with Crippen LogP contribution >= 0.6 is 0 Å². The number of nitrogens with zero attached hydrogens (tertiary/aromatic N) is 1. The number of aliphatic hydroxyl groups excluding tert-OH is 1. The van der Waals surface area contributed by atoms with Gasteiger partial charge >= 0.3 is 6.09 Å². The highest BCUT2D eigenvalue weighted by Crippen LogP contribution is 2.16. The lowest BCUT2D eigenvalue weighted by atomic mass is 10.2. The molecule has 0 fully saturated rings. The first kappa shape index (κ1) is 15.0. The molecule has 0 aromatic rings. The number of aliphatic hydroxyl groups is 1. The van der Waals surface area contributed by atoms with E-state index in [-0.39, 0.29) is 6.61 Å². The smallest absolute Gasteiger partial charge is 0.414 e. The number of carbonyl (C=O) groups excluding carboxylic acids is 1. The van der Waals surface area contributed by atoms with Gasteiger partial charge in [-0.1, -0.05) is 5.57 Å². The van der Waals surface area contributed by atoms with Crippen LogP contribution in [0.1, 0.15) is 41.0 Å². The third-order valence-electron chi connectivity index (χ3n) is 2.00. The van der Waals surface area contributed by atoms with Gasteiger partial charge in [0, 0.05) is 25.8 Å². The molecule has 0 bridgehead atoms. The molecule has 0 aromatic heterocycles. The Hall–Kier alpha value is -1.03. The van der Waals surface area contributed by atoms with E-state index >= 15 is 0 Å². The van der Waals surface area contributed by atoms with Crippen molar-refractivity contribution in [1.29, 1.82) is 0 Å². The molecule has 16 heavy (non-hydrogen) atoms. The Morgan fingerprint density at radius 1 is 1.31 bits per heavy atom. The summed E-state index contributed by atoms with van der Waals surface area (Å²) < 4.78 is 5.25. The summed E-state index contributed by atoms with van der Waals surface area (Å²) in [5.41, 5.74) is 1.30. The fourth-order valence-electron chi connectivity index (χ4n) is 1.30. The Morgan fingerprint density at radius 2 is 1.81 bits per heavy atom. The lowest BCUT2D eigenvalue weighted by Crippen LogP contribution is -2.34. The van der Waals surface area contributed by atoms with Gasteiger partial charge in [-0.15, -0.1) is 0 Å². The largest absolute Gasteiger partial charge is 0.443 e. The van der Waals surface area contributed by atoms with Crippen molar-refractivity contribution in [2.75, 3.05) is 13.7 Å². The van der Waals surface area contributed by atoms with Crippen molar-refractivity contribution in [2.45, 2.75) is 46.6 Å². The Labute approximate surface area is 97.9 Å². The summed E-state index contributed by atoms with van der Waals surface area (Å²) in [5.74, 6) is 0. The molecule has 0 rings (SSSR count). The van der Waals surface area contributed by atoms with Crippen LogP contribution in [0.2, 0.25) is 0 Å². The molecule has 4 heteroatoms. The van der Waals surface area contributed by atoms with Crippen LogP contribution in [0.3, 0.4) is 0 Å². The number of allylic oxidation sites excluding steroid dienone is 1. The Balaban J connectivity index is 4.70. The third kappa shape index (κ3) is 5.16. The summed E-state index contributed by atoms with van der Waals surface area (Å²) in [7, 11) is 1.66. The van der Waals surface area contributed by atoms with Crippen molar-refractivity contribution in [3.8, 4) is 0 Å². The second-order valence-electron chi connectivity index (χ2n) is 4.96. The van der Waals surface area contributed by atoms with Crippen molar-refractivity contribution < 1.29 is 14.6 Å². The maximum absolute atomic E-state index is 11.8. The van der Waals surface area contributed by atoms with Crippen LogP contribution in [0, 0.1) is 0 Å². The number of hydrogen-bond donors (Lipinski definition) is 1. The second kappa shape index (κ2) is 5.89. The number of ether oxygens (including phenoxy) is 1. The van der Waals surface area contributed by atoms with Gasteiger partial charge in [0.15, 0.2) is 0 Å². The van der Waals surface area contributed by atoms with Crippen LogP contribution in [0.5, 0.6) is 0 Å². The number of carbonyl (C=O) groups is 1. The van der Waals surface area contributed by atoms with Gasteiger partial charge in [0.05, 0.1) is 0 Å². The average Bonchev–Trinajstić information content (AvgIpc) is 2.09. The van der Waals surface area contributed by atoms with Gasteiger partial charge in [0.25, 0.3) is 0 Å². The summed E-state index contributed by atoms with van der Waals surface area (Å²) in [4.78, 5) is 13.2. The summed E-state index contributed by atoms with van der Waals surface area (Å²) in [6, 6.07) is 0. The van der Waals surface area contributed by atoms with Gasteiger partial charge < -0.3 is 9.84 Å². The molecule has 1 amide bonds. The lowest BCUT2D eigenvalue weighted by Gasteiger charge is -2.26. The minimum atomic E-state index is -0.503. The Morgan fingerprint density at radius 3 is 2.12 bits per heavy atom. The average molecular weight is 229 g/mol. The number of rotatable bonds is 3. The molecule has 0 aliphatic heterocycles. The predicted molar refractivity (Wildman–Crippen MR) is 64.1 cm³/mol. The van der Waals surface area contributed by atoms with Gasteiger partial charge in [-0.3, -0.25) is 4.90 Å². The second-order valence-corrected chi connectivity index (χ2v) is 4.96. The number of hydrogen-bond acceptors (Lipinski definition) is 3. The first-order valence-corrected chi connectivity index (χ1v) is 5.43. The topological polar surface area (TPSA) is 49.8 Å². The maximum Gasteiger partial charge on any atom is 0.414 e. The molecule has 0 saturated heterocycles. The van der Waals surface area contributed by atoms with Crippen molar-refractivity contribution in [2.24, 2.45) is 0 Å². The standard InChI is InChI=1S/C12H23NO3/c1-9(2)10(7-8-14)13(6)11(15)16-12(3,4)5/h14H,7-8H2,1-6H3. The van der Waals surface area contributed by atoms with Gasteiger partial charge in [-0.05, 0) is 34.6 Å². The van der Waals surface area contributed by atoms with E-state index in [0.717, 1.165) is 11.3 Å². The highest BCUT2D eigenvalue weighted by molar-refractivity contribution is 5.70. The molecule has 0 aliphatic carbocycles. The van der Waals surface area contributed by atoms with Crippen LogP contribution in [0.4, 0.5) is 4.79 Å². The van der Waals surface area contributed by atoms with E-state index in [1.807, 2.05) is 34.6 Å². The van der Waals surface area contributed by atoms with E-state index in [1.165, 1.54) is 4.90 Å². The minimum absolute atomic E-state index is 0.0215. The highest BCUT2D eigenvalue weighted by Gasteiger charge is 2.21. The molecule has 0 aromatic carbocycles. The van der Waals surface area contributed by atoms with Crippen LogP contribution in [-0.2, 0) is 4.74 Å². The van der Waals surface area contributed by atoms with Crippen LogP contribution in [-0.4, -0.2) is 35.4 Å². The van der Waals surface area contributed by atoms with Crippen LogP contribution in [0.25, 0.3) is 0 Å². The first-order chi connectivity index (χ1) is 7.19. The molecule has 0 atom stereocenters. The first-order valence-electron chi connectivity index (χ1n) is 5.43. The predicted octanol–water partition coefficient (Wildman–Crippen LogP) is 2.53. The van der Waals surface area contributed by atoms with Gasteiger partial charge in [-0.2, -0.15) is 0 Å². The monoisotopic (exact) mass is 229 g/mol. The quantitative estimate of drug-likeness (QED) is 0.809. The highest BCUT2D eigenvalue weighted by atomic mass is 16.6. The van der Waals surface area contributed by atoms with Crippen molar-refractivity contribution in [3.05, 3.63) is 11.3 Å². The van der Waals surface area contributed by atoms with E-state index in [9.17, 15) is 4.79 Å². The van der Waals surface area contributed by atoms with Crippen molar-refractivity contribution in [1.82, 2.24) is 4.90 Å².